The summed E-state index contributed by atoms with van der Waals surface area (Å²) in [6.45, 7) is 0. The maximum atomic E-state index is 13.5. The van der Waals surface area contributed by atoms with Gasteiger partial charge in [0.25, 0.3) is 11.6 Å². The van der Waals surface area contributed by atoms with Crippen LogP contribution in [0.2, 0.25) is 0 Å². The topological polar surface area (TPSA) is 90.1 Å². The smallest absolute Gasteiger partial charge is 0.270 e. The summed E-state index contributed by atoms with van der Waals surface area (Å²) in [5.41, 5.74) is -0.366. The summed E-state index contributed by atoms with van der Waals surface area (Å²) in [4.78, 5) is 21.7. The van der Waals surface area contributed by atoms with Gasteiger partial charge in [0.1, 0.15) is 5.82 Å². The van der Waals surface area contributed by atoms with Crippen LogP contribution in [0.15, 0.2) is 30.6 Å². The fourth-order valence-electron chi connectivity index (χ4n) is 1.49. The zero-order valence-corrected chi connectivity index (χ0v) is 9.83. The molecule has 2 rings (SSSR count). The molecule has 1 heterocycles. The summed E-state index contributed by atoms with van der Waals surface area (Å²) in [5.74, 6) is -1.60. The van der Waals surface area contributed by atoms with Crippen LogP contribution in [0.4, 0.5) is 15.8 Å². The standard InChI is InChI=1S/C11H9FN4O3/c1-15-6-7(5-13-15)14-11(17)9-4-8(16(18)19)2-3-10(9)12/h2-6H,1H3,(H,14,17). The highest BCUT2D eigenvalue weighted by molar-refractivity contribution is 6.04. The zero-order valence-electron chi connectivity index (χ0n) is 9.83. The maximum Gasteiger partial charge on any atom is 0.270 e. The molecule has 0 bridgehead atoms. The van der Waals surface area contributed by atoms with E-state index in [2.05, 4.69) is 10.4 Å². The number of hydrogen-bond donors (Lipinski definition) is 1. The summed E-state index contributed by atoms with van der Waals surface area (Å²) in [6.07, 6.45) is 2.90. The fraction of sp³-hybridized carbons (Fsp3) is 0.0909. The Bertz CT molecular complexity index is 653. The van der Waals surface area contributed by atoms with Crippen molar-refractivity contribution in [3.63, 3.8) is 0 Å². The minimum atomic E-state index is -0.827. The van der Waals surface area contributed by atoms with Crippen molar-refractivity contribution in [2.75, 3.05) is 5.32 Å². The predicted molar refractivity (Wildman–Crippen MR) is 64.2 cm³/mol. The Labute approximate surface area is 106 Å². The van der Waals surface area contributed by atoms with Gasteiger partial charge in [0, 0.05) is 25.4 Å². The van der Waals surface area contributed by atoms with Gasteiger partial charge in [-0.3, -0.25) is 19.6 Å². The molecule has 8 heteroatoms. The minimum absolute atomic E-state index is 0.349. The highest BCUT2D eigenvalue weighted by atomic mass is 19.1. The number of halogens is 1. The Kier molecular flexibility index (Phi) is 3.23. The number of carbonyl (C=O) groups excluding carboxylic acids is 1. The van der Waals surface area contributed by atoms with E-state index in [1.807, 2.05) is 0 Å². The lowest BCUT2D eigenvalue weighted by molar-refractivity contribution is -0.384. The van der Waals surface area contributed by atoms with Crippen LogP contribution in [-0.2, 0) is 7.05 Å². The largest absolute Gasteiger partial charge is 0.319 e. The molecule has 1 aromatic heterocycles. The third-order valence-electron chi connectivity index (χ3n) is 2.37. The van der Waals surface area contributed by atoms with E-state index in [0.717, 1.165) is 18.2 Å². The van der Waals surface area contributed by atoms with Gasteiger partial charge in [-0.1, -0.05) is 0 Å². The molecular formula is C11H9FN4O3. The molecule has 1 N–H and O–H groups in total. The van der Waals surface area contributed by atoms with Crippen LogP contribution in [0.5, 0.6) is 0 Å². The zero-order chi connectivity index (χ0) is 14.0. The lowest BCUT2D eigenvalue weighted by Crippen LogP contribution is -2.13. The van der Waals surface area contributed by atoms with E-state index in [9.17, 15) is 19.3 Å². The summed E-state index contributed by atoms with van der Waals surface area (Å²) in [7, 11) is 1.66. The molecule has 19 heavy (non-hydrogen) atoms. The first kappa shape index (κ1) is 12.7. The van der Waals surface area contributed by atoms with Gasteiger partial charge in [-0.05, 0) is 6.07 Å². The Morgan fingerprint density at radius 2 is 2.26 bits per heavy atom. The van der Waals surface area contributed by atoms with Gasteiger partial charge in [0.15, 0.2) is 0 Å². The van der Waals surface area contributed by atoms with E-state index in [4.69, 9.17) is 0 Å². The molecule has 0 saturated heterocycles. The summed E-state index contributed by atoms with van der Waals surface area (Å²) in [6, 6.07) is 2.77. The number of rotatable bonds is 3. The van der Waals surface area contributed by atoms with Gasteiger partial charge in [0.05, 0.1) is 22.4 Å². The number of aromatic nitrogens is 2. The molecule has 2 aromatic rings. The lowest BCUT2D eigenvalue weighted by Gasteiger charge is -2.03. The molecule has 98 valence electrons. The number of non-ortho nitro benzene ring substituents is 1. The average Bonchev–Trinajstić information content (AvgIpc) is 2.74. The van der Waals surface area contributed by atoms with E-state index >= 15 is 0 Å². The van der Waals surface area contributed by atoms with E-state index in [-0.39, 0.29) is 5.69 Å². The van der Waals surface area contributed by atoms with Crippen LogP contribution in [0.1, 0.15) is 10.4 Å². The number of aryl methyl sites for hydroxylation is 1. The van der Waals surface area contributed by atoms with Crippen molar-refractivity contribution < 1.29 is 14.1 Å². The first-order valence-electron chi connectivity index (χ1n) is 5.21. The van der Waals surface area contributed by atoms with Gasteiger partial charge in [-0.15, -0.1) is 0 Å². The Morgan fingerprint density at radius 1 is 1.53 bits per heavy atom. The second-order valence-electron chi connectivity index (χ2n) is 3.78. The molecule has 0 fully saturated rings. The van der Waals surface area contributed by atoms with Crippen molar-refractivity contribution in [3.8, 4) is 0 Å². The third kappa shape index (κ3) is 2.73. The van der Waals surface area contributed by atoms with Gasteiger partial charge in [-0.25, -0.2) is 4.39 Å². The molecule has 0 aliphatic heterocycles. The molecule has 0 aliphatic rings. The van der Waals surface area contributed by atoms with Gasteiger partial charge >= 0.3 is 0 Å². The van der Waals surface area contributed by atoms with Gasteiger partial charge in [-0.2, -0.15) is 5.10 Å². The Hall–Kier alpha value is -2.77. The fourth-order valence-corrected chi connectivity index (χ4v) is 1.49. The molecule has 0 spiro atoms. The van der Waals surface area contributed by atoms with Crippen molar-refractivity contribution in [1.29, 1.82) is 0 Å². The molecule has 0 radical (unpaired) electrons. The lowest BCUT2D eigenvalue weighted by atomic mass is 10.1. The van der Waals surface area contributed by atoms with Crippen LogP contribution in [0.25, 0.3) is 0 Å². The van der Waals surface area contributed by atoms with E-state index in [0.29, 0.717) is 5.69 Å². The third-order valence-corrected chi connectivity index (χ3v) is 2.37. The summed E-state index contributed by atoms with van der Waals surface area (Å²) < 4.78 is 14.9. The van der Waals surface area contributed by atoms with Crippen LogP contribution >= 0.6 is 0 Å². The number of carbonyl (C=O) groups is 1. The molecule has 0 atom stereocenters. The van der Waals surface area contributed by atoms with Crippen molar-refractivity contribution in [1.82, 2.24) is 9.78 Å². The summed E-state index contributed by atoms with van der Waals surface area (Å²) in [5, 5.41) is 16.8. The SMILES string of the molecule is Cn1cc(NC(=O)c2cc([N+](=O)[O-])ccc2F)cn1. The number of nitro benzene ring substituents is 1. The highest BCUT2D eigenvalue weighted by Gasteiger charge is 2.17. The first-order chi connectivity index (χ1) is 8.97. The normalized spacial score (nSPS) is 10.2. The monoisotopic (exact) mass is 264 g/mol. The number of nitrogens with one attached hydrogen (secondary N) is 1. The van der Waals surface area contributed by atoms with E-state index < -0.39 is 22.2 Å². The quantitative estimate of drug-likeness (QED) is 0.675. The number of nitro groups is 1. The minimum Gasteiger partial charge on any atom is -0.319 e. The van der Waals surface area contributed by atoms with E-state index in [1.54, 1.807) is 7.05 Å². The Morgan fingerprint density at radius 3 is 2.84 bits per heavy atom. The summed E-state index contributed by atoms with van der Waals surface area (Å²) >= 11 is 0. The maximum absolute atomic E-state index is 13.5. The molecule has 0 aliphatic carbocycles. The second-order valence-corrected chi connectivity index (χ2v) is 3.78. The molecule has 0 saturated carbocycles. The number of nitrogens with zero attached hydrogens (tertiary/aromatic N) is 3. The van der Waals surface area contributed by atoms with Crippen molar-refractivity contribution >= 4 is 17.3 Å². The predicted octanol–water partition coefficient (Wildman–Crippen LogP) is 1.72. The van der Waals surface area contributed by atoms with Crippen LogP contribution < -0.4 is 5.32 Å². The first-order valence-corrected chi connectivity index (χ1v) is 5.21. The number of hydrogen-bond acceptors (Lipinski definition) is 4. The second kappa shape index (κ2) is 4.84. The number of benzene rings is 1. The van der Waals surface area contributed by atoms with Gasteiger partial charge < -0.3 is 5.32 Å². The Balaban J connectivity index is 2.27. The number of amides is 1. The van der Waals surface area contributed by atoms with Crippen molar-refractivity contribution in [3.05, 3.63) is 52.1 Å². The van der Waals surface area contributed by atoms with Crippen LogP contribution in [0, 0.1) is 15.9 Å². The molecule has 0 unspecified atom stereocenters. The van der Waals surface area contributed by atoms with E-state index in [1.165, 1.54) is 17.1 Å². The molecule has 1 aromatic carbocycles. The van der Waals surface area contributed by atoms with Crippen molar-refractivity contribution in [2.24, 2.45) is 7.05 Å². The molecular weight excluding hydrogens is 255 g/mol. The molecule has 7 nitrogen and oxygen atoms in total. The highest BCUT2D eigenvalue weighted by Crippen LogP contribution is 2.18. The van der Waals surface area contributed by atoms with Crippen LogP contribution in [-0.4, -0.2) is 20.6 Å². The molecule has 1 amide bonds. The van der Waals surface area contributed by atoms with Crippen LogP contribution in [0.3, 0.4) is 0 Å². The van der Waals surface area contributed by atoms with Gasteiger partial charge in [0.2, 0.25) is 0 Å². The number of anilines is 1. The van der Waals surface area contributed by atoms with Crippen molar-refractivity contribution in [2.45, 2.75) is 0 Å². The average molecular weight is 264 g/mol.